The fourth-order valence-electron chi connectivity index (χ4n) is 1.77. The minimum Gasteiger partial charge on any atom is -0.493 e. The number of hydrogen-bond donors (Lipinski definition) is 0. The second-order valence-corrected chi connectivity index (χ2v) is 4.79. The molecule has 2 aromatic rings. The molecule has 0 saturated heterocycles. The van der Waals surface area contributed by atoms with Crippen LogP contribution >= 0.6 is 0 Å². The summed E-state index contributed by atoms with van der Waals surface area (Å²) in [5.41, 5.74) is -0.463. The van der Waals surface area contributed by atoms with Crippen LogP contribution in [0.25, 0.3) is 0 Å². The van der Waals surface area contributed by atoms with Gasteiger partial charge in [0.25, 0.3) is 0 Å². The molecule has 2 rings (SSSR count). The van der Waals surface area contributed by atoms with Gasteiger partial charge in [0, 0.05) is 6.07 Å². The monoisotopic (exact) mass is 350 g/mol. The zero-order chi connectivity index (χ0) is 17.8. The van der Waals surface area contributed by atoms with E-state index in [9.17, 15) is 26.3 Å². The van der Waals surface area contributed by atoms with Crippen molar-refractivity contribution in [2.24, 2.45) is 0 Å². The van der Waals surface area contributed by atoms with Crippen LogP contribution in [0.1, 0.15) is 12.0 Å². The van der Waals surface area contributed by atoms with Crippen LogP contribution in [0.3, 0.4) is 0 Å². The number of halogens is 6. The number of hydrogen-bond acceptors (Lipinski definition) is 2. The number of rotatable bonds is 6. The van der Waals surface area contributed by atoms with Crippen LogP contribution in [0.2, 0.25) is 0 Å². The van der Waals surface area contributed by atoms with E-state index in [1.165, 1.54) is 18.2 Å². The Hall–Kier alpha value is -2.38. The lowest BCUT2D eigenvalue weighted by Crippen LogP contribution is -2.22. The molecule has 0 N–H and O–H groups in total. The maximum Gasteiger partial charge on any atom is 0.426 e. The zero-order valence-electron chi connectivity index (χ0n) is 12.1. The number of benzene rings is 2. The van der Waals surface area contributed by atoms with Crippen molar-refractivity contribution in [3.05, 3.63) is 59.9 Å². The van der Waals surface area contributed by atoms with Gasteiger partial charge in [0.2, 0.25) is 0 Å². The third-order valence-corrected chi connectivity index (χ3v) is 2.91. The lowest BCUT2D eigenvalue weighted by molar-refractivity contribution is -0.187. The first-order valence-electron chi connectivity index (χ1n) is 6.79. The van der Waals surface area contributed by atoms with Crippen molar-refractivity contribution < 1.29 is 35.8 Å². The first-order chi connectivity index (χ1) is 11.2. The Bertz CT molecular complexity index is 670. The molecule has 0 aliphatic rings. The minimum absolute atomic E-state index is 0.216. The van der Waals surface area contributed by atoms with Crippen molar-refractivity contribution >= 4 is 0 Å². The fraction of sp³-hybridized carbons (Fsp3) is 0.250. The predicted octanol–water partition coefficient (Wildman–Crippen LogP) is 5.29. The summed E-state index contributed by atoms with van der Waals surface area (Å²) in [7, 11) is 0. The molecule has 0 bridgehead atoms. The van der Waals surface area contributed by atoms with Crippen LogP contribution in [-0.4, -0.2) is 12.8 Å². The number of ether oxygens (including phenoxy) is 2. The standard InChI is InChI=1S/C16H12F6O2/c17-13-10-12(23-9-8-15(18,19)20)6-7-14(13)24-16(21,22)11-4-2-1-3-5-11/h1-7,10H,8-9H2. The van der Waals surface area contributed by atoms with E-state index in [0.717, 1.165) is 24.3 Å². The molecule has 0 atom stereocenters. The van der Waals surface area contributed by atoms with Crippen molar-refractivity contribution in [3.8, 4) is 11.5 Å². The predicted molar refractivity (Wildman–Crippen MR) is 73.5 cm³/mol. The smallest absolute Gasteiger partial charge is 0.426 e. The highest BCUT2D eigenvalue weighted by Crippen LogP contribution is 2.34. The van der Waals surface area contributed by atoms with Crippen LogP contribution in [0, 0.1) is 5.82 Å². The molecular weight excluding hydrogens is 338 g/mol. The van der Waals surface area contributed by atoms with Gasteiger partial charge < -0.3 is 9.47 Å². The van der Waals surface area contributed by atoms with E-state index < -0.39 is 42.4 Å². The molecule has 2 aromatic carbocycles. The molecule has 0 heterocycles. The molecule has 0 amide bonds. The van der Waals surface area contributed by atoms with Gasteiger partial charge in [0.1, 0.15) is 5.75 Å². The van der Waals surface area contributed by atoms with Crippen molar-refractivity contribution in [2.45, 2.75) is 18.7 Å². The second-order valence-electron chi connectivity index (χ2n) is 4.79. The van der Waals surface area contributed by atoms with Gasteiger partial charge in [-0.1, -0.05) is 18.2 Å². The van der Waals surface area contributed by atoms with Gasteiger partial charge >= 0.3 is 12.3 Å². The molecule has 0 saturated carbocycles. The highest BCUT2D eigenvalue weighted by Gasteiger charge is 2.35. The summed E-state index contributed by atoms with van der Waals surface area (Å²) in [5, 5.41) is 0. The molecule has 0 aliphatic heterocycles. The molecule has 2 nitrogen and oxygen atoms in total. The maximum atomic E-state index is 13.9. The van der Waals surface area contributed by atoms with E-state index in [-0.39, 0.29) is 5.75 Å². The van der Waals surface area contributed by atoms with Crippen LogP contribution in [0.4, 0.5) is 26.3 Å². The first-order valence-corrected chi connectivity index (χ1v) is 6.79. The summed E-state index contributed by atoms with van der Waals surface area (Å²) in [6.07, 6.45) is -9.38. The highest BCUT2D eigenvalue weighted by molar-refractivity contribution is 5.34. The topological polar surface area (TPSA) is 18.5 Å². The summed E-state index contributed by atoms with van der Waals surface area (Å²) < 4.78 is 86.7. The molecule has 0 fully saturated rings. The van der Waals surface area contributed by atoms with Gasteiger partial charge in [-0.25, -0.2) is 4.39 Å². The van der Waals surface area contributed by atoms with Crippen molar-refractivity contribution in [1.29, 1.82) is 0 Å². The van der Waals surface area contributed by atoms with Gasteiger partial charge in [-0.05, 0) is 24.3 Å². The van der Waals surface area contributed by atoms with Crippen LogP contribution in [-0.2, 0) is 6.11 Å². The molecule has 0 spiro atoms. The lowest BCUT2D eigenvalue weighted by Gasteiger charge is -2.19. The second kappa shape index (κ2) is 7.02. The van der Waals surface area contributed by atoms with Gasteiger partial charge in [-0.2, -0.15) is 22.0 Å². The summed E-state index contributed by atoms with van der Waals surface area (Å²) >= 11 is 0. The zero-order valence-corrected chi connectivity index (χ0v) is 12.1. The molecule has 8 heteroatoms. The van der Waals surface area contributed by atoms with E-state index in [1.54, 1.807) is 0 Å². The van der Waals surface area contributed by atoms with Gasteiger partial charge in [-0.15, -0.1) is 0 Å². The van der Waals surface area contributed by atoms with Gasteiger partial charge in [0.15, 0.2) is 11.6 Å². The van der Waals surface area contributed by atoms with Gasteiger partial charge in [0.05, 0.1) is 18.6 Å². The van der Waals surface area contributed by atoms with E-state index in [4.69, 9.17) is 4.74 Å². The Kier molecular flexibility index (Phi) is 5.26. The third kappa shape index (κ3) is 5.07. The van der Waals surface area contributed by atoms with E-state index >= 15 is 0 Å². The quantitative estimate of drug-likeness (QED) is 0.660. The Labute approximate surface area is 133 Å². The lowest BCUT2D eigenvalue weighted by atomic mass is 10.2. The van der Waals surface area contributed by atoms with Crippen LogP contribution in [0.5, 0.6) is 11.5 Å². The summed E-state index contributed by atoms with van der Waals surface area (Å²) in [6.45, 7) is -0.705. The van der Waals surface area contributed by atoms with E-state index in [1.807, 2.05) is 0 Å². The number of alkyl halides is 5. The van der Waals surface area contributed by atoms with Crippen molar-refractivity contribution in [3.63, 3.8) is 0 Å². The average Bonchev–Trinajstić information content (AvgIpc) is 2.49. The largest absolute Gasteiger partial charge is 0.493 e. The molecule has 24 heavy (non-hydrogen) atoms. The highest BCUT2D eigenvalue weighted by atomic mass is 19.4. The normalized spacial score (nSPS) is 12.1. The Morgan fingerprint density at radius 1 is 0.875 bits per heavy atom. The van der Waals surface area contributed by atoms with Crippen LogP contribution < -0.4 is 9.47 Å². The molecular formula is C16H12F6O2. The minimum atomic E-state index is -4.40. The van der Waals surface area contributed by atoms with Crippen molar-refractivity contribution in [2.75, 3.05) is 6.61 Å². The first kappa shape index (κ1) is 18.0. The molecule has 0 radical (unpaired) electrons. The molecule has 130 valence electrons. The summed E-state index contributed by atoms with van der Waals surface area (Å²) in [4.78, 5) is 0. The SMILES string of the molecule is Fc1cc(OCCC(F)(F)F)ccc1OC(F)(F)c1ccccc1. The molecule has 0 aromatic heterocycles. The summed E-state index contributed by atoms with van der Waals surface area (Å²) in [6, 6.07) is 9.13. The van der Waals surface area contributed by atoms with Crippen molar-refractivity contribution in [1.82, 2.24) is 0 Å². The Morgan fingerprint density at radius 3 is 2.12 bits per heavy atom. The molecule has 0 unspecified atom stereocenters. The Morgan fingerprint density at radius 2 is 1.54 bits per heavy atom. The Balaban J connectivity index is 2.04. The van der Waals surface area contributed by atoms with E-state index in [0.29, 0.717) is 6.07 Å². The maximum absolute atomic E-state index is 13.9. The summed E-state index contributed by atoms with van der Waals surface area (Å²) in [5.74, 6) is -2.13. The fourth-order valence-corrected chi connectivity index (χ4v) is 1.77. The van der Waals surface area contributed by atoms with Crippen LogP contribution in [0.15, 0.2) is 48.5 Å². The third-order valence-electron chi connectivity index (χ3n) is 2.91. The molecule has 0 aliphatic carbocycles. The van der Waals surface area contributed by atoms with E-state index in [2.05, 4.69) is 4.74 Å². The average molecular weight is 350 g/mol. The van der Waals surface area contributed by atoms with Gasteiger partial charge in [-0.3, -0.25) is 0 Å².